The number of nitrogens with one attached hydrogen (secondary N) is 1. The van der Waals surface area contributed by atoms with Crippen LogP contribution in [0.15, 0.2) is 18.2 Å². The van der Waals surface area contributed by atoms with E-state index in [2.05, 4.69) is 17.2 Å². The monoisotopic (exact) mass is 280 g/mol. The van der Waals surface area contributed by atoms with Gasteiger partial charge in [-0.15, -0.1) is 0 Å². The summed E-state index contributed by atoms with van der Waals surface area (Å²) in [6, 6.07) is 5.58. The predicted molar refractivity (Wildman–Crippen MR) is 78.6 cm³/mol. The zero-order valence-electron chi connectivity index (χ0n) is 11.3. The van der Waals surface area contributed by atoms with Gasteiger partial charge in [0.05, 0.1) is 19.2 Å². The zero-order chi connectivity index (χ0) is 13.8. The Morgan fingerprint density at radius 3 is 2.58 bits per heavy atom. The molecule has 0 aliphatic heterocycles. The van der Waals surface area contributed by atoms with Crippen molar-refractivity contribution >= 4 is 28.3 Å². The maximum Gasteiger partial charge on any atom is 0.148 e. The third-order valence-electron chi connectivity index (χ3n) is 2.84. The summed E-state index contributed by atoms with van der Waals surface area (Å²) < 4.78 is 10.6. The number of methoxy groups -OCH3 is 2. The Morgan fingerprint density at radius 1 is 1.21 bits per heavy atom. The van der Waals surface area contributed by atoms with Crippen LogP contribution in [0.2, 0.25) is 5.02 Å². The standard InChI is InChI=1S/C14H17ClN2O2/c1-4-7-16-12-6-5-9-13(15)10(18-2)8-11(19-3)14(9)17-12/h5-6,8H,4,7H2,1-3H3,(H,16,17). The highest BCUT2D eigenvalue weighted by molar-refractivity contribution is 6.37. The fraction of sp³-hybridized carbons (Fsp3) is 0.357. The third-order valence-corrected chi connectivity index (χ3v) is 3.23. The lowest BCUT2D eigenvalue weighted by Crippen LogP contribution is -2.02. The highest BCUT2D eigenvalue weighted by atomic mass is 35.5. The number of aromatic nitrogens is 1. The van der Waals surface area contributed by atoms with E-state index in [0.29, 0.717) is 16.5 Å². The molecular weight excluding hydrogens is 264 g/mol. The van der Waals surface area contributed by atoms with Gasteiger partial charge in [-0.05, 0) is 18.6 Å². The first kappa shape index (κ1) is 13.7. The largest absolute Gasteiger partial charge is 0.495 e. The van der Waals surface area contributed by atoms with Crippen molar-refractivity contribution in [3.63, 3.8) is 0 Å². The minimum atomic E-state index is 0.549. The van der Waals surface area contributed by atoms with E-state index in [1.807, 2.05) is 12.1 Å². The number of fused-ring (bicyclic) bond motifs is 1. The summed E-state index contributed by atoms with van der Waals surface area (Å²) in [7, 11) is 3.19. The first-order valence-corrected chi connectivity index (χ1v) is 6.54. The summed E-state index contributed by atoms with van der Waals surface area (Å²) in [4.78, 5) is 4.54. The molecule has 0 saturated carbocycles. The molecule has 19 heavy (non-hydrogen) atoms. The number of rotatable bonds is 5. The van der Waals surface area contributed by atoms with E-state index in [4.69, 9.17) is 21.1 Å². The second kappa shape index (κ2) is 5.97. The van der Waals surface area contributed by atoms with Crippen LogP contribution in [-0.2, 0) is 0 Å². The minimum Gasteiger partial charge on any atom is -0.495 e. The summed E-state index contributed by atoms with van der Waals surface area (Å²) >= 11 is 6.29. The van der Waals surface area contributed by atoms with E-state index in [-0.39, 0.29) is 0 Å². The van der Waals surface area contributed by atoms with Gasteiger partial charge in [0.15, 0.2) is 0 Å². The number of hydrogen-bond acceptors (Lipinski definition) is 4. The summed E-state index contributed by atoms with van der Waals surface area (Å²) in [5.74, 6) is 2.05. The lowest BCUT2D eigenvalue weighted by Gasteiger charge is -2.12. The van der Waals surface area contributed by atoms with Gasteiger partial charge in [-0.1, -0.05) is 18.5 Å². The maximum absolute atomic E-state index is 6.29. The SMILES string of the molecule is CCCNc1ccc2c(Cl)c(OC)cc(OC)c2n1. The topological polar surface area (TPSA) is 43.4 Å². The van der Waals surface area contributed by atoms with Gasteiger partial charge in [0.2, 0.25) is 0 Å². The van der Waals surface area contributed by atoms with Crippen molar-refractivity contribution < 1.29 is 9.47 Å². The van der Waals surface area contributed by atoms with Crippen LogP contribution in [0, 0.1) is 0 Å². The molecule has 0 aliphatic carbocycles. The van der Waals surface area contributed by atoms with Crippen molar-refractivity contribution in [2.75, 3.05) is 26.1 Å². The van der Waals surface area contributed by atoms with Gasteiger partial charge >= 0.3 is 0 Å². The van der Waals surface area contributed by atoms with Gasteiger partial charge < -0.3 is 14.8 Å². The molecule has 2 rings (SSSR count). The number of ether oxygens (including phenoxy) is 2. The molecule has 0 unspecified atom stereocenters. The fourth-order valence-electron chi connectivity index (χ4n) is 1.86. The summed E-state index contributed by atoms with van der Waals surface area (Å²) in [5, 5.41) is 4.61. The maximum atomic E-state index is 6.29. The van der Waals surface area contributed by atoms with Gasteiger partial charge in [-0.2, -0.15) is 0 Å². The van der Waals surface area contributed by atoms with Crippen molar-refractivity contribution in [1.82, 2.24) is 4.98 Å². The van der Waals surface area contributed by atoms with Crippen molar-refractivity contribution in [2.24, 2.45) is 0 Å². The van der Waals surface area contributed by atoms with E-state index in [0.717, 1.165) is 29.7 Å². The van der Waals surface area contributed by atoms with Gasteiger partial charge in [0.1, 0.15) is 22.8 Å². The Labute approximate surface area is 117 Å². The molecule has 0 fully saturated rings. The predicted octanol–water partition coefficient (Wildman–Crippen LogP) is 3.73. The summed E-state index contributed by atoms with van der Waals surface area (Å²) in [6.45, 7) is 2.99. The highest BCUT2D eigenvalue weighted by Gasteiger charge is 2.13. The van der Waals surface area contributed by atoms with Crippen molar-refractivity contribution in [2.45, 2.75) is 13.3 Å². The number of benzene rings is 1. The lowest BCUT2D eigenvalue weighted by atomic mass is 10.2. The van der Waals surface area contributed by atoms with Crippen LogP contribution in [0.4, 0.5) is 5.82 Å². The molecule has 4 nitrogen and oxygen atoms in total. The highest BCUT2D eigenvalue weighted by Crippen LogP contribution is 2.38. The van der Waals surface area contributed by atoms with E-state index >= 15 is 0 Å². The molecule has 0 aliphatic rings. The first-order valence-electron chi connectivity index (χ1n) is 6.16. The summed E-state index contributed by atoms with van der Waals surface area (Å²) in [6.07, 6.45) is 1.04. The molecule has 1 N–H and O–H groups in total. The molecule has 5 heteroatoms. The van der Waals surface area contributed by atoms with E-state index < -0.39 is 0 Å². The second-order valence-corrected chi connectivity index (χ2v) is 4.49. The Hall–Kier alpha value is -1.68. The molecule has 1 aromatic carbocycles. The van der Waals surface area contributed by atoms with Crippen LogP contribution < -0.4 is 14.8 Å². The van der Waals surface area contributed by atoms with Gasteiger partial charge in [-0.3, -0.25) is 0 Å². The van der Waals surface area contributed by atoms with Crippen LogP contribution in [0.5, 0.6) is 11.5 Å². The summed E-state index contributed by atoms with van der Waals surface area (Å²) in [5.41, 5.74) is 0.731. The van der Waals surface area contributed by atoms with Crippen LogP contribution in [0.3, 0.4) is 0 Å². The number of pyridine rings is 1. The molecule has 0 spiro atoms. The van der Waals surface area contributed by atoms with Crippen LogP contribution >= 0.6 is 11.6 Å². The average molecular weight is 281 g/mol. The van der Waals surface area contributed by atoms with Crippen LogP contribution in [0.25, 0.3) is 10.9 Å². The molecular formula is C14H17ClN2O2. The molecule has 2 aromatic rings. The molecule has 0 saturated heterocycles. The van der Waals surface area contributed by atoms with E-state index in [9.17, 15) is 0 Å². The molecule has 0 amide bonds. The van der Waals surface area contributed by atoms with Crippen molar-refractivity contribution in [1.29, 1.82) is 0 Å². The molecule has 1 heterocycles. The van der Waals surface area contributed by atoms with Gasteiger partial charge in [0, 0.05) is 18.0 Å². The van der Waals surface area contributed by atoms with Gasteiger partial charge in [0.25, 0.3) is 0 Å². The third kappa shape index (κ3) is 2.68. The Kier molecular flexibility index (Phi) is 4.32. The first-order chi connectivity index (χ1) is 9.21. The minimum absolute atomic E-state index is 0.549. The van der Waals surface area contributed by atoms with Crippen LogP contribution in [0.1, 0.15) is 13.3 Å². The number of anilines is 1. The molecule has 0 radical (unpaired) electrons. The molecule has 0 bridgehead atoms. The molecule has 102 valence electrons. The zero-order valence-corrected chi connectivity index (χ0v) is 12.0. The fourth-order valence-corrected chi connectivity index (χ4v) is 2.15. The Balaban J connectivity index is 2.57. The lowest BCUT2D eigenvalue weighted by molar-refractivity contribution is 0.397. The number of nitrogens with zero attached hydrogens (tertiary/aromatic N) is 1. The quantitative estimate of drug-likeness (QED) is 0.906. The van der Waals surface area contributed by atoms with E-state index in [1.165, 1.54) is 0 Å². The Morgan fingerprint density at radius 2 is 1.95 bits per heavy atom. The van der Waals surface area contributed by atoms with Gasteiger partial charge in [-0.25, -0.2) is 4.98 Å². The number of halogens is 1. The normalized spacial score (nSPS) is 10.5. The smallest absolute Gasteiger partial charge is 0.148 e. The van der Waals surface area contributed by atoms with Crippen molar-refractivity contribution in [3.8, 4) is 11.5 Å². The average Bonchev–Trinajstić information content (AvgIpc) is 2.45. The molecule has 0 atom stereocenters. The van der Waals surface area contributed by atoms with Crippen LogP contribution in [-0.4, -0.2) is 25.7 Å². The number of hydrogen-bond donors (Lipinski definition) is 1. The second-order valence-electron chi connectivity index (χ2n) is 4.11. The van der Waals surface area contributed by atoms with Crippen molar-refractivity contribution in [3.05, 3.63) is 23.2 Å². The molecule has 1 aromatic heterocycles. The Bertz CT molecular complexity index is 587. The van der Waals surface area contributed by atoms with E-state index in [1.54, 1.807) is 20.3 Å².